The van der Waals surface area contributed by atoms with E-state index >= 15 is 0 Å². The maximum atomic E-state index is 11.6. The van der Waals surface area contributed by atoms with Gasteiger partial charge in [-0.15, -0.1) is 0 Å². The summed E-state index contributed by atoms with van der Waals surface area (Å²) in [7, 11) is 0. The predicted molar refractivity (Wildman–Crippen MR) is 49.6 cm³/mol. The Bertz CT molecular complexity index is 320. The van der Waals surface area contributed by atoms with Crippen molar-refractivity contribution in [3.8, 4) is 0 Å². The van der Waals surface area contributed by atoms with Crippen molar-refractivity contribution >= 4 is 0 Å². The minimum Gasteiger partial charge on any atom is -0.299 e. The highest BCUT2D eigenvalue weighted by molar-refractivity contribution is 5.15. The molecule has 0 aliphatic rings. The van der Waals surface area contributed by atoms with Gasteiger partial charge in [-0.2, -0.15) is 0 Å². The van der Waals surface area contributed by atoms with E-state index in [4.69, 9.17) is 0 Å². The van der Waals surface area contributed by atoms with Crippen LogP contribution in [0.3, 0.4) is 0 Å². The van der Waals surface area contributed by atoms with Gasteiger partial charge in [-0.25, -0.2) is 0 Å². The lowest BCUT2D eigenvalue weighted by Crippen LogP contribution is -2.20. The average molecular weight is 168 g/mol. The van der Waals surface area contributed by atoms with E-state index in [2.05, 4.69) is 5.10 Å². The van der Waals surface area contributed by atoms with Gasteiger partial charge in [0.1, 0.15) is 0 Å². The van der Waals surface area contributed by atoms with E-state index in [0.717, 1.165) is 17.7 Å². The number of hydrogen-bond acceptors (Lipinski definition) is 1. The quantitative estimate of drug-likeness (QED) is 0.716. The van der Waals surface area contributed by atoms with Gasteiger partial charge in [-0.1, -0.05) is 6.92 Å². The third kappa shape index (κ3) is 1.31. The zero-order chi connectivity index (χ0) is 9.30. The van der Waals surface area contributed by atoms with Crippen molar-refractivity contribution in [1.29, 1.82) is 0 Å². The average Bonchev–Trinajstić information content (AvgIpc) is 2.27. The largest absolute Gasteiger partial charge is 0.299 e. The van der Waals surface area contributed by atoms with Gasteiger partial charge in [-0.3, -0.25) is 14.6 Å². The molecule has 0 spiro atoms. The van der Waals surface area contributed by atoms with E-state index in [1.807, 2.05) is 27.7 Å². The highest BCUT2D eigenvalue weighted by Gasteiger charge is 2.10. The van der Waals surface area contributed by atoms with Crippen LogP contribution < -0.4 is 5.56 Å². The number of nitrogens with zero attached hydrogens (tertiary/aromatic N) is 1. The third-order valence-corrected chi connectivity index (χ3v) is 2.09. The van der Waals surface area contributed by atoms with Crippen molar-refractivity contribution in [3.05, 3.63) is 21.6 Å². The molecule has 0 fully saturated rings. The van der Waals surface area contributed by atoms with Crippen LogP contribution in [0.5, 0.6) is 0 Å². The zero-order valence-corrected chi connectivity index (χ0v) is 8.14. The van der Waals surface area contributed by atoms with Crippen molar-refractivity contribution in [3.63, 3.8) is 0 Å². The van der Waals surface area contributed by atoms with Gasteiger partial charge >= 0.3 is 0 Å². The van der Waals surface area contributed by atoms with E-state index in [1.54, 1.807) is 4.68 Å². The van der Waals surface area contributed by atoms with Crippen LogP contribution in [0.25, 0.3) is 0 Å². The maximum absolute atomic E-state index is 11.6. The van der Waals surface area contributed by atoms with Crippen LogP contribution >= 0.6 is 0 Å². The molecule has 0 radical (unpaired) electrons. The fraction of sp³-hybridized carbons (Fsp3) is 0.667. The van der Waals surface area contributed by atoms with Crippen LogP contribution in [-0.2, 0) is 6.42 Å². The first-order valence-corrected chi connectivity index (χ1v) is 4.37. The molecule has 0 aliphatic heterocycles. The molecule has 12 heavy (non-hydrogen) atoms. The molecule has 1 aromatic rings. The van der Waals surface area contributed by atoms with E-state index < -0.39 is 0 Å². The van der Waals surface area contributed by atoms with Crippen molar-refractivity contribution in [2.75, 3.05) is 0 Å². The Balaban J connectivity index is 3.27. The number of hydrogen-bond donors (Lipinski definition) is 1. The Kier molecular flexibility index (Phi) is 2.40. The molecule has 0 atom stereocenters. The SMILES string of the molecule is CCc1c(C)[nH]n(C(C)C)c1=O. The molecule has 68 valence electrons. The van der Waals surface area contributed by atoms with Gasteiger partial charge in [0.25, 0.3) is 5.56 Å². The van der Waals surface area contributed by atoms with Crippen LogP contribution in [0.4, 0.5) is 0 Å². The van der Waals surface area contributed by atoms with Crippen molar-refractivity contribution in [2.24, 2.45) is 0 Å². The van der Waals surface area contributed by atoms with Crippen molar-refractivity contribution in [2.45, 2.75) is 40.2 Å². The molecule has 0 saturated heterocycles. The molecule has 0 bridgehead atoms. The van der Waals surface area contributed by atoms with Crippen LogP contribution in [-0.4, -0.2) is 9.78 Å². The summed E-state index contributed by atoms with van der Waals surface area (Å²) in [5.41, 5.74) is 2.03. The predicted octanol–water partition coefficient (Wildman–Crippen LogP) is 1.63. The summed E-state index contributed by atoms with van der Waals surface area (Å²) >= 11 is 0. The third-order valence-electron chi connectivity index (χ3n) is 2.09. The first kappa shape index (κ1) is 9.10. The Labute approximate surface area is 72.4 Å². The smallest absolute Gasteiger partial charge is 0.270 e. The molecule has 0 aliphatic carbocycles. The first-order valence-electron chi connectivity index (χ1n) is 4.37. The number of rotatable bonds is 2. The lowest BCUT2D eigenvalue weighted by Gasteiger charge is -2.03. The molecule has 1 aromatic heterocycles. The fourth-order valence-corrected chi connectivity index (χ4v) is 1.38. The number of nitrogens with one attached hydrogen (secondary N) is 1. The van der Waals surface area contributed by atoms with E-state index in [0.29, 0.717) is 0 Å². The summed E-state index contributed by atoms with van der Waals surface area (Å²) in [4.78, 5) is 11.6. The van der Waals surface area contributed by atoms with Crippen LogP contribution in [0.1, 0.15) is 38.1 Å². The number of H-pyrrole nitrogens is 1. The van der Waals surface area contributed by atoms with Gasteiger partial charge in [0.2, 0.25) is 0 Å². The normalized spacial score (nSPS) is 11.1. The zero-order valence-electron chi connectivity index (χ0n) is 8.14. The Morgan fingerprint density at radius 3 is 2.33 bits per heavy atom. The van der Waals surface area contributed by atoms with E-state index in [9.17, 15) is 4.79 Å². The van der Waals surface area contributed by atoms with Crippen molar-refractivity contribution in [1.82, 2.24) is 9.78 Å². The fourth-order valence-electron chi connectivity index (χ4n) is 1.38. The molecular formula is C9H16N2O. The van der Waals surface area contributed by atoms with E-state index in [-0.39, 0.29) is 11.6 Å². The molecular weight excluding hydrogens is 152 g/mol. The Morgan fingerprint density at radius 2 is 2.08 bits per heavy atom. The molecule has 3 nitrogen and oxygen atoms in total. The minimum atomic E-state index is 0.130. The van der Waals surface area contributed by atoms with Crippen LogP contribution in [0, 0.1) is 6.92 Å². The second-order valence-corrected chi connectivity index (χ2v) is 3.34. The molecule has 1 heterocycles. The van der Waals surface area contributed by atoms with Crippen LogP contribution in [0.2, 0.25) is 0 Å². The van der Waals surface area contributed by atoms with Gasteiger partial charge < -0.3 is 0 Å². The highest BCUT2D eigenvalue weighted by Crippen LogP contribution is 2.04. The van der Waals surface area contributed by atoms with Gasteiger partial charge in [-0.05, 0) is 27.2 Å². The minimum absolute atomic E-state index is 0.130. The number of aryl methyl sites for hydroxylation is 1. The van der Waals surface area contributed by atoms with E-state index in [1.165, 1.54) is 0 Å². The summed E-state index contributed by atoms with van der Waals surface area (Å²) in [6, 6.07) is 0.219. The lowest BCUT2D eigenvalue weighted by atomic mass is 10.2. The lowest BCUT2D eigenvalue weighted by molar-refractivity contribution is 0.513. The Hall–Kier alpha value is -0.990. The monoisotopic (exact) mass is 168 g/mol. The second-order valence-electron chi connectivity index (χ2n) is 3.34. The molecule has 0 unspecified atom stereocenters. The molecule has 0 saturated carbocycles. The molecule has 0 amide bonds. The summed E-state index contributed by atoms with van der Waals surface area (Å²) in [6.45, 7) is 7.94. The van der Waals surface area contributed by atoms with Gasteiger partial charge in [0, 0.05) is 17.3 Å². The van der Waals surface area contributed by atoms with Crippen LogP contribution in [0.15, 0.2) is 4.79 Å². The standard InChI is InChI=1S/C9H16N2O/c1-5-8-7(4)10-11(6(2)3)9(8)12/h6,10H,5H2,1-4H3. The molecule has 1 N–H and O–H groups in total. The highest BCUT2D eigenvalue weighted by atomic mass is 16.1. The molecule has 0 aromatic carbocycles. The maximum Gasteiger partial charge on any atom is 0.270 e. The number of aromatic nitrogens is 2. The molecule has 3 heteroatoms. The van der Waals surface area contributed by atoms with Crippen molar-refractivity contribution < 1.29 is 0 Å². The second kappa shape index (κ2) is 3.17. The van der Waals surface area contributed by atoms with Gasteiger partial charge in [0.15, 0.2) is 0 Å². The number of aromatic amines is 1. The first-order chi connectivity index (χ1) is 5.57. The topological polar surface area (TPSA) is 37.8 Å². The summed E-state index contributed by atoms with van der Waals surface area (Å²) in [5.74, 6) is 0. The summed E-state index contributed by atoms with van der Waals surface area (Å²) in [6.07, 6.45) is 0.806. The molecule has 1 rings (SSSR count). The summed E-state index contributed by atoms with van der Waals surface area (Å²) < 4.78 is 1.67. The summed E-state index contributed by atoms with van der Waals surface area (Å²) in [5, 5.41) is 3.07. The van der Waals surface area contributed by atoms with Gasteiger partial charge in [0.05, 0.1) is 0 Å². The Morgan fingerprint density at radius 1 is 1.50 bits per heavy atom.